The van der Waals surface area contributed by atoms with Gasteiger partial charge in [-0.15, -0.1) is 11.3 Å². The van der Waals surface area contributed by atoms with Gasteiger partial charge in [-0.3, -0.25) is 0 Å². The molecule has 1 aromatic heterocycles. The summed E-state index contributed by atoms with van der Waals surface area (Å²) in [6.07, 6.45) is -0.0930. The molecule has 0 radical (unpaired) electrons. The van der Waals surface area contributed by atoms with E-state index in [1.807, 2.05) is 30.3 Å². The lowest BCUT2D eigenvalue weighted by Gasteiger charge is -2.09. The zero-order valence-corrected chi connectivity index (χ0v) is 12.4. The number of benzene rings is 2. The molecule has 108 valence electrons. The van der Waals surface area contributed by atoms with Crippen molar-refractivity contribution in [3.05, 3.63) is 64.8 Å². The largest absolute Gasteiger partial charge is 0.497 e. The second-order valence-corrected chi connectivity index (χ2v) is 6.02. The highest BCUT2D eigenvalue weighted by molar-refractivity contribution is 7.19. The summed E-state index contributed by atoms with van der Waals surface area (Å²) in [6, 6.07) is 14.2. The maximum atomic E-state index is 13.2. The lowest BCUT2D eigenvalue weighted by atomic mass is 10.1. The second-order valence-electron chi connectivity index (χ2n) is 4.90. The average Bonchev–Trinajstić information content (AvgIpc) is 2.90. The van der Waals surface area contributed by atoms with E-state index in [2.05, 4.69) is 0 Å². The van der Waals surface area contributed by atoms with Crippen LogP contribution in [-0.4, -0.2) is 12.2 Å². The van der Waals surface area contributed by atoms with Crippen molar-refractivity contribution in [3.8, 4) is 5.75 Å². The zero-order valence-electron chi connectivity index (χ0n) is 11.5. The van der Waals surface area contributed by atoms with Crippen molar-refractivity contribution in [2.75, 3.05) is 7.11 Å². The number of fused-ring (bicyclic) bond motifs is 1. The van der Waals surface area contributed by atoms with E-state index in [1.54, 1.807) is 13.2 Å². The van der Waals surface area contributed by atoms with Gasteiger partial charge in [-0.2, -0.15) is 0 Å². The van der Waals surface area contributed by atoms with E-state index in [4.69, 9.17) is 4.74 Å². The number of thiophene rings is 1. The maximum absolute atomic E-state index is 13.2. The Bertz CT molecular complexity index is 766. The molecular weight excluding hydrogens is 287 g/mol. The quantitative estimate of drug-likeness (QED) is 0.777. The van der Waals surface area contributed by atoms with Gasteiger partial charge in [0.25, 0.3) is 0 Å². The van der Waals surface area contributed by atoms with Gasteiger partial charge in [-0.05, 0) is 41.3 Å². The van der Waals surface area contributed by atoms with Gasteiger partial charge in [0.1, 0.15) is 11.6 Å². The third kappa shape index (κ3) is 3.06. The predicted octanol–water partition coefficient (Wildman–Crippen LogP) is 4.33. The molecular formula is C17H15FO2S. The van der Waals surface area contributed by atoms with Crippen LogP contribution in [0.2, 0.25) is 0 Å². The van der Waals surface area contributed by atoms with Gasteiger partial charge in [-0.1, -0.05) is 18.2 Å². The van der Waals surface area contributed by atoms with Gasteiger partial charge < -0.3 is 9.84 Å². The van der Waals surface area contributed by atoms with Gasteiger partial charge >= 0.3 is 0 Å². The molecule has 21 heavy (non-hydrogen) atoms. The normalized spacial score (nSPS) is 12.5. The third-order valence-electron chi connectivity index (χ3n) is 3.39. The Morgan fingerprint density at radius 1 is 1.19 bits per heavy atom. The van der Waals surface area contributed by atoms with Gasteiger partial charge in [0, 0.05) is 16.0 Å². The lowest BCUT2D eigenvalue weighted by molar-refractivity contribution is 0.182. The van der Waals surface area contributed by atoms with Crippen LogP contribution >= 0.6 is 11.3 Å². The van der Waals surface area contributed by atoms with Crippen molar-refractivity contribution in [3.63, 3.8) is 0 Å². The van der Waals surface area contributed by atoms with Crippen molar-refractivity contribution < 1.29 is 14.2 Å². The summed E-state index contributed by atoms with van der Waals surface area (Å²) in [5.41, 5.74) is 1.01. The van der Waals surface area contributed by atoms with Crippen LogP contribution in [-0.2, 0) is 6.42 Å². The third-order valence-corrected chi connectivity index (χ3v) is 4.59. The van der Waals surface area contributed by atoms with Crippen molar-refractivity contribution in [1.29, 1.82) is 0 Å². The molecule has 0 bridgehead atoms. The molecule has 0 saturated heterocycles. The SMILES string of the molecule is COc1cccc(CC(O)c2cc3ccc(F)cc3s2)c1. The Hall–Kier alpha value is -1.91. The molecule has 3 aromatic rings. The molecule has 2 nitrogen and oxygen atoms in total. The number of ether oxygens (including phenoxy) is 1. The fourth-order valence-corrected chi connectivity index (χ4v) is 3.39. The molecule has 0 aliphatic carbocycles. The summed E-state index contributed by atoms with van der Waals surface area (Å²) in [6.45, 7) is 0. The summed E-state index contributed by atoms with van der Waals surface area (Å²) in [5, 5.41) is 11.3. The smallest absolute Gasteiger partial charge is 0.124 e. The topological polar surface area (TPSA) is 29.5 Å². The fraction of sp³-hybridized carbons (Fsp3) is 0.176. The number of rotatable bonds is 4. The zero-order chi connectivity index (χ0) is 14.8. The van der Waals surface area contributed by atoms with Gasteiger partial charge in [0.05, 0.1) is 13.2 Å². The molecule has 1 unspecified atom stereocenters. The van der Waals surface area contributed by atoms with Crippen LogP contribution in [0.5, 0.6) is 5.75 Å². The van der Waals surface area contributed by atoms with E-state index < -0.39 is 6.10 Å². The van der Waals surface area contributed by atoms with Crippen molar-refractivity contribution in [2.24, 2.45) is 0 Å². The molecule has 1 atom stereocenters. The first kappa shape index (κ1) is 14.0. The van der Waals surface area contributed by atoms with E-state index in [-0.39, 0.29) is 5.82 Å². The number of hydrogen-bond donors (Lipinski definition) is 1. The molecule has 0 saturated carbocycles. The monoisotopic (exact) mass is 302 g/mol. The van der Waals surface area contributed by atoms with E-state index in [0.29, 0.717) is 6.42 Å². The van der Waals surface area contributed by atoms with E-state index in [9.17, 15) is 9.50 Å². The Labute approximate surface area is 126 Å². The second kappa shape index (κ2) is 5.84. The molecule has 0 amide bonds. The molecule has 1 N–H and O–H groups in total. The number of aliphatic hydroxyl groups is 1. The molecule has 1 heterocycles. The molecule has 0 aliphatic heterocycles. The fourth-order valence-electron chi connectivity index (χ4n) is 2.31. The van der Waals surface area contributed by atoms with Gasteiger partial charge in [-0.25, -0.2) is 4.39 Å². The minimum absolute atomic E-state index is 0.252. The maximum Gasteiger partial charge on any atom is 0.124 e. The van der Waals surface area contributed by atoms with Crippen molar-refractivity contribution >= 4 is 21.4 Å². The highest BCUT2D eigenvalue weighted by atomic mass is 32.1. The molecule has 3 rings (SSSR count). The number of hydrogen-bond acceptors (Lipinski definition) is 3. The Balaban J connectivity index is 1.84. The first-order valence-electron chi connectivity index (χ1n) is 6.66. The van der Waals surface area contributed by atoms with E-state index in [1.165, 1.54) is 23.5 Å². The van der Waals surface area contributed by atoms with Gasteiger partial charge in [0.2, 0.25) is 0 Å². The Morgan fingerprint density at radius 3 is 2.86 bits per heavy atom. The highest BCUT2D eigenvalue weighted by Crippen LogP contribution is 2.32. The first-order valence-corrected chi connectivity index (χ1v) is 7.47. The van der Waals surface area contributed by atoms with Gasteiger partial charge in [0.15, 0.2) is 0 Å². The first-order chi connectivity index (χ1) is 10.2. The Kier molecular flexibility index (Phi) is 3.90. The average molecular weight is 302 g/mol. The van der Waals surface area contributed by atoms with Crippen LogP contribution in [0.3, 0.4) is 0 Å². The number of halogens is 1. The van der Waals surface area contributed by atoms with Crippen molar-refractivity contribution in [1.82, 2.24) is 0 Å². The van der Waals surface area contributed by atoms with E-state index in [0.717, 1.165) is 26.3 Å². The molecule has 0 aliphatic rings. The number of methoxy groups -OCH3 is 1. The minimum atomic E-state index is -0.599. The van der Waals surface area contributed by atoms with E-state index >= 15 is 0 Å². The van der Waals surface area contributed by atoms with Crippen molar-refractivity contribution in [2.45, 2.75) is 12.5 Å². The Morgan fingerprint density at radius 2 is 2.05 bits per heavy atom. The van der Waals surface area contributed by atoms with Crippen LogP contribution in [0.4, 0.5) is 4.39 Å². The summed E-state index contributed by atoms with van der Waals surface area (Å²) in [4.78, 5) is 0.846. The molecule has 0 fully saturated rings. The van der Waals surface area contributed by atoms with Crippen LogP contribution in [0.25, 0.3) is 10.1 Å². The van der Waals surface area contributed by atoms with Crippen LogP contribution in [0, 0.1) is 5.82 Å². The summed E-state index contributed by atoms with van der Waals surface area (Å²) in [5.74, 6) is 0.524. The van der Waals surface area contributed by atoms with Crippen LogP contribution < -0.4 is 4.74 Å². The standard InChI is InChI=1S/C17H15FO2S/c1-20-14-4-2-3-11(7-14)8-15(19)17-9-12-5-6-13(18)10-16(12)21-17/h2-7,9-10,15,19H,8H2,1H3. The van der Waals surface area contributed by atoms with Crippen LogP contribution in [0.15, 0.2) is 48.5 Å². The summed E-state index contributed by atoms with van der Waals surface area (Å²) in [7, 11) is 1.62. The number of aliphatic hydroxyl groups excluding tert-OH is 1. The minimum Gasteiger partial charge on any atom is -0.497 e. The highest BCUT2D eigenvalue weighted by Gasteiger charge is 2.13. The lowest BCUT2D eigenvalue weighted by Crippen LogP contribution is -1.99. The summed E-state index contributed by atoms with van der Waals surface area (Å²) >= 11 is 1.43. The molecule has 0 spiro atoms. The molecule has 2 aromatic carbocycles. The predicted molar refractivity (Wildman–Crippen MR) is 83.4 cm³/mol. The molecule has 4 heteroatoms. The summed E-state index contributed by atoms with van der Waals surface area (Å²) < 4.78 is 19.2. The van der Waals surface area contributed by atoms with Crippen LogP contribution in [0.1, 0.15) is 16.5 Å².